The topological polar surface area (TPSA) is 40.5 Å². The summed E-state index contributed by atoms with van der Waals surface area (Å²) in [7, 11) is 0. The molecule has 1 fully saturated rings. The summed E-state index contributed by atoms with van der Waals surface area (Å²) in [5.74, 6) is 0.0306. The first-order chi connectivity index (χ1) is 8.41. The van der Waals surface area contributed by atoms with Gasteiger partial charge < -0.3 is 10.0 Å². The Morgan fingerprint density at radius 3 is 2.89 bits per heavy atom. The summed E-state index contributed by atoms with van der Waals surface area (Å²) in [5, 5.41) is 10.1. The van der Waals surface area contributed by atoms with Gasteiger partial charge >= 0.3 is 0 Å². The van der Waals surface area contributed by atoms with Crippen molar-refractivity contribution in [3.05, 3.63) is 32.9 Å². The van der Waals surface area contributed by atoms with Crippen LogP contribution in [0.5, 0.6) is 0 Å². The van der Waals surface area contributed by atoms with Crippen LogP contribution in [-0.4, -0.2) is 34.6 Å². The van der Waals surface area contributed by atoms with E-state index in [1.807, 2.05) is 25.1 Å². The third kappa shape index (κ3) is 2.85. The van der Waals surface area contributed by atoms with Crippen LogP contribution in [-0.2, 0) is 0 Å². The van der Waals surface area contributed by atoms with Crippen LogP contribution in [0, 0.1) is 10.5 Å². The molecule has 1 N–H and O–H groups in total. The highest BCUT2D eigenvalue weighted by Gasteiger charge is 2.31. The Hall–Kier alpha value is -0.620. The van der Waals surface area contributed by atoms with Crippen molar-refractivity contribution in [2.24, 2.45) is 0 Å². The van der Waals surface area contributed by atoms with Crippen LogP contribution >= 0.6 is 22.6 Å². The standard InChI is InChI=1S/C14H18INO2/c1-10-5-3-6-11(12(10)15)13(17)16-8-4-7-14(2,18)9-16/h3,5-6,18H,4,7-9H2,1-2H3. The number of aliphatic hydroxyl groups is 1. The molecule has 2 rings (SSSR count). The van der Waals surface area contributed by atoms with E-state index in [0.717, 1.165) is 34.1 Å². The maximum absolute atomic E-state index is 12.5. The summed E-state index contributed by atoms with van der Waals surface area (Å²) < 4.78 is 1.00. The number of hydrogen-bond donors (Lipinski definition) is 1. The van der Waals surface area contributed by atoms with Crippen LogP contribution in [0.25, 0.3) is 0 Å². The lowest BCUT2D eigenvalue weighted by atomic mass is 9.94. The molecule has 0 radical (unpaired) electrons. The quantitative estimate of drug-likeness (QED) is 0.784. The second kappa shape index (κ2) is 5.17. The Kier molecular flexibility index (Phi) is 3.96. The van der Waals surface area contributed by atoms with Crippen molar-refractivity contribution in [3.8, 4) is 0 Å². The Morgan fingerprint density at radius 1 is 1.50 bits per heavy atom. The van der Waals surface area contributed by atoms with Gasteiger partial charge in [0.25, 0.3) is 5.91 Å². The van der Waals surface area contributed by atoms with Crippen LogP contribution in [0.15, 0.2) is 18.2 Å². The number of piperidine rings is 1. The van der Waals surface area contributed by atoms with E-state index in [4.69, 9.17) is 0 Å². The maximum Gasteiger partial charge on any atom is 0.255 e. The van der Waals surface area contributed by atoms with Gasteiger partial charge in [-0.3, -0.25) is 4.79 Å². The van der Waals surface area contributed by atoms with Crippen molar-refractivity contribution in [2.75, 3.05) is 13.1 Å². The molecule has 98 valence electrons. The number of β-amino-alcohol motifs (C(OH)–C–C–N with tert-alkyl or cyclic N) is 1. The van der Waals surface area contributed by atoms with Crippen LogP contribution in [0.2, 0.25) is 0 Å². The van der Waals surface area contributed by atoms with Gasteiger partial charge in [0.2, 0.25) is 0 Å². The van der Waals surface area contributed by atoms with E-state index >= 15 is 0 Å². The molecule has 0 saturated carbocycles. The molecule has 0 aliphatic carbocycles. The zero-order valence-electron chi connectivity index (χ0n) is 10.7. The monoisotopic (exact) mass is 359 g/mol. The second-order valence-corrected chi connectivity index (χ2v) is 6.34. The van der Waals surface area contributed by atoms with Crippen molar-refractivity contribution in [2.45, 2.75) is 32.3 Å². The number of nitrogens with zero attached hydrogens (tertiary/aromatic N) is 1. The number of rotatable bonds is 1. The van der Waals surface area contributed by atoms with E-state index in [9.17, 15) is 9.90 Å². The number of carbonyl (C=O) groups excluding carboxylic acids is 1. The molecular formula is C14H18INO2. The summed E-state index contributed by atoms with van der Waals surface area (Å²) in [6.07, 6.45) is 1.63. The highest BCUT2D eigenvalue weighted by molar-refractivity contribution is 14.1. The number of carbonyl (C=O) groups is 1. The van der Waals surface area contributed by atoms with Crippen LogP contribution in [0.3, 0.4) is 0 Å². The Balaban J connectivity index is 2.23. The molecule has 18 heavy (non-hydrogen) atoms. The molecule has 1 amide bonds. The molecule has 1 aliphatic rings. The van der Waals surface area contributed by atoms with Gasteiger partial charge in [-0.05, 0) is 60.9 Å². The average Bonchev–Trinajstić information content (AvgIpc) is 2.30. The fourth-order valence-corrected chi connectivity index (χ4v) is 2.97. The number of benzene rings is 1. The summed E-state index contributed by atoms with van der Waals surface area (Å²) in [6.45, 7) is 4.97. The van der Waals surface area contributed by atoms with E-state index in [1.54, 1.807) is 11.8 Å². The largest absolute Gasteiger partial charge is 0.388 e. The summed E-state index contributed by atoms with van der Waals surface area (Å²) >= 11 is 2.22. The van der Waals surface area contributed by atoms with Crippen molar-refractivity contribution < 1.29 is 9.90 Å². The molecule has 4 heteroatoms. The Bertz CT molecular complexity index is 471. The second-order valence-electron chi connectivity index (χ2n) is 5.26. The van der Waals surface area contributed by atoms with Gasteiger partial charge in [0.05, 0.1) is 11.2 Å². The molecule has 3 nitrogen and oxygen atoms in total. The van der Waals surface area contributed by atoms with Crippen LogP contribution in [0.4, 0.5) is 0 Å². The number of hydrogen-bond acceptors (Lipinski definition) is 2. The van der Waals surface area contributed by atoms with Gasteiger partial charge in [0.15, 0.2) is 0 Å². The third-order valence-electron chi connectivity index (χ3n) is 3.38. The van der Waals surface area contributed by atoms with E-state index < -0.39 is 5.60 Å². The molecule has 1 aromatic rings. The highest BCUT2D eigenvalue weighted by Crippen LogP contribution is 2.24. The van der Waals surface area contributed by atoms with E-state index in [-0.39, 0.29) is 5.91 Å². The predicted molar refractivity (Wildman–Crippen MR) is 79.7 cm³/mol. The SMILES string of the molecule is Cc1cccc(C(=O)N2CCCC(C)(O)C2)c1I. The molecule has 0 spiro atoms. The molecule has 0 bridgehead atoms. The normalized spacial score (nSPS) is 24.1. The summed E-state index contributed by atoms with van der Waals surface area (Å²) in [4.78, 5) is 14.2. The molecule has 1 heterocycles. The molecular weight excluding hydrogens is 341 g/mol. The number of halogens is 1. The molecule has 1 unspecified atom stereocenters. The minimum Gasteiger partial charge on any atom is -0.388 e. The lowest BCUT2D eigenvalue weighted by molar-refractivity contribution is -0.0107. The van der Waals surface area contributed by atoms with Crippen LogP contribution < -0.4 is 0 Å². The van der Waals surface area contributed by atoms with Gasteiger partial charge in [-0.1, -0.05) is 12.1 Å². The van der Waals surface area contributed by atoms with Crippen LogP contribution in [0.1, 0.15) is 35.7 Å². The minimum absolute atomic E-state index is 0.0306. The average molecular weight is 359 g/mol. The lowest BCUT2D eigenvalue weighted by Crippen LogP contribution is -2.48. The van der Waals surface area contributed by atoms with Gasteiger partial charge in [0, 0.05) is 16.7 Å². The van der Waals surface area contributed by atoms with Gasteiger partial charge in [-0.2, -0.15) is 0 Å². The van der Waals surface area contributed by atoms with Gasteiger partial charge in [-0.15, -0.1) is 0 Å². The first kappa shape index (κ1) is 13.8. The zero-order chi connectivity index (χ0) is 13.3. The summed E-state index contributed by atoms with van der Waals surface area (Å²) in [6, 6.07) is 5.78. The zero-order valence-corrected chi connectivity index (χ0v) is 12.9. The summed E-state index contributed by atoms with van der Waals surface area (Å²) in [5.41, 5.74) is 1.11. The minimum atomic E-state index is -0.747. The van der Waals surface area contributed by atoms with Crippen molar-refractivity contribution in [1.29, 1.82) is 0 Å². The predicted octanol–water partition coefficient (Wildman–Crippen LogP) is 2.59. The Labute approximate surface area is 121 Å². The molecule has 1 aliphatic heterocycles. The first-order valence-electron chi connectivity index (χ1n) is 6.17. The number of amides is 1. The fraction of sp³-hybridized carbons (Fsp3) is 0.500. The van der Waals surface area contributed by atoms with Crippen molar-refractivity contribution in [3.63, 3.8) is 0 Å². The third-order valence-corrected chi connectivity index (χ3v) is 4.82. The number of likely N-dealkylation sites (tertiary alicyclic amines) is 1. The molecule has 1 aromatic carbocycles. The van der Waals surface area contributed by atoms with Gasteiger partial charge in [-0.25, -0.2) is 0 Å². The van der Waals surface area contributed by atoms with Gasteiger partial charge in [0.1, 0.15) is 0 Å². The van der Waals surface area contributed by atoms with Crippen molar-refractivity contribution >= 4 is 28.5 Å². The maximum atomic E-state index is 12.5. The van der Waals surface area contributed by atoms with E-state index in [2.05, 4.69) is 22.6 Å². The highest BCUT2D eigenvalue weighted by atomic mass is 127. The smallest absolute Gasteiger partial charge is 0.255 e. The van der Waals surface area contributed by atoms with E-state index in [1.165, 1.54) is 0 Å². The van der Waals surface area contributed by atoms with Crippen molar-refractivity contribution in [1.82, 2.24) is 4.90 Å². The molecule has 1 saturated heterocycles. The molecule has 1 atom stereocenters. The Morgan fingerprint density at radius 2 is 2.22 bits per heavy atom. The fourth-order valence-electron chi connectivity index (χ4n) is 2.38. The number of aryl methyl sites for hydroxylation is 1. The molecule has 0 aromatic heterocycles. The lowest BCUT2D eigenvalue weighted by Gasteiger charge is -2.37. The van der Waals surface area contributed by atoms with E-state index in [0.29, 0.717) is 6.54 Å². The first-order valence-corrected chi connectivity index (χ1v) is 7.25.